The van der Waals surface area contributed by atoms with Gasteiger partial charge in [0.2, 0.25) is 31.9 Å². The van der Waals surface area contributed by atoms with E-state index >= 15 is 0 Å². The fraction of sp³-hybridized carbons (Fsp3) is 0.750. The molecule has 4 saturated carbocycles. The van der Waals surface area contributed by atoms with E-state index in [0.29, 0.717) is 45.8 Å². The van der Waals surface area contributed by atoms with Gasteiger partial charge in [-0.3, -0.25) is 29.2 Å². The predicted octanol–water partition coefficient (Wildman–Crippen LogP) is 5.00. The van der Waals surface area contributed by atoms with E-state index in [1.54, 1.807) is 80.3 Å². The SMILES string of the molecule is COc1cc(C)c(S(=O)(=O)N(C)CCOCC(=O)N(C)C2CCCC(N3CCN(C4CC4)CC3)C2)c(C)c1.COc1cc(C)c(S(=O)(=O)N(C)CCOCC(=O)N(C)[C@@H]2CCC[C@H](N3CCN(C4CC4)CC3)C2)c(C)c1. The topological polar surface area (TPSA) is 165 Å². The molecule has 428 valence electrons. The van der Waals surface area contributed by atoms with Gasteiger partial charge in [-0.1, -0.05) is 0 Å². The molecule has 0 aromatic heterocycles. The minimum Gasteiger partial charge on any atom is -0.497 e. The number of benzene rings is 2. The first-order valence-electron chi connectivity index (χ1n) is 28.1. The van der Waals surface area contributed by atoms with Crippen molar-refractivity contribution >= 4 is 31.9 Å². The van der Waals surface area contributed by atoms with E-state index in [1.165, 1.54) is 73.3 Å². The lowest BCUT2D eigenvalue weighted by molar-refractivity contribution is -0.138. The van der Waals surface area contributed by atoms with Gasteiger partial charge in [-0.15, -0.1) is 0 Å². The Morgan fingerprint density at radius 1 is 0.487 bits per heavy atom. The first-order valence-corrected chi connectivity index (χ1v) is 31.0. The van der Waals surface area contributed by atoms with Crippen LogP contribution in [-0.2, 0) is 39.1 Å². The molecule has 2 saturated heterocycles. The molecule has 6 aliphatic rings. The van der Waals surface area contributed by atoms with E-state index in [9.17, 15) is 26.4 Å². The van der Waals surface area contributed by atoms with Crippen LogP contribution in [0.15, 0.2) is 34.1 Å². The first-order chi connectivity index (χ1) is 36.2. The van der Waals surface area contributed by atoms with Crippen LogP contribution < -0.4 is 9.47 Å². The molecule has 2 amide bonds. The van der Waals surface area contributed by atoms with Gasteiger partial charge < -0.3 is 28.7 Å². The third kappa shape index (κ3) is 15.5. The minimum atomic E-state index is -3.69. The summed E-state index contributed by atoms with van der Waals surface area (Å²) in [4.78, 5) is 40.7. The Kier molecular flexibility index (Phi) is 21.5. The molecule has 0 spiro atoms. The third-order valence-electron chi connectivity index (χ3n) is 17.2. The molecule has 0 bridgehead atoms. The molecule has 8 rings (SSSR count). The lowest BCUT2D eigenvalue weighted by Gasteiger charge is -2.44. The summed E-state index contributed by atoms with van der Waals surface area (Å²) in [5.74, 6) is 1.18. The second kappa shape index (κ2) is 27.1. The summed E-state index contributed by atoms with van der Waals surface area (Å²) in [6.45, 7) is 16.9. The van der Waals surface area contributed by atoms with Crippen molar-refractivity contribution in [1.29, 1.82) is 0 Å². The molecule has 18 nitrogen and oxygen atoms in total. The Morgan fingerprint density at radius 2 is 0.789 bits per heavy atom. The number of likely N-dealkylation sites (N-methyl/N-ethyl adjacent to an activating group) is 4. The molecule has 2 aliphatic heterocycles. The third-order valence-corrected chi connectivity index (χ3v) is 21.5. The van der Waals surface area contributed by atoms with Gasteiger partial charge in [0.15, 0.2) is 0 Å². The molecule has 2 heterocycles. The number of methoxy groups -OCH3 is 2. The Hall–Kier alpha value is -3.44. The number of carbonyl (C=O) groups is 2. The zero-order chi connectivity index (χ0) is 54.9. The van der Waals surface area contributed by atoms with Crippen LogP contribution in [0.25, 0.3) is 0 Å². The molecule has 2 unspecified atom stereocenters. The highest BCUT2D eigenvalue weighted by Crippen LogP contribution is 2.34. The van der Waals surface area contributed by atoms with Crippen LogP contribution in [0.4, 0.5) is 0 Å². The van der Waals surface area contributed by atoms with Crippen LogP contribution in [0, 0.1) is 27.7 Å². The summed E-state index contributed by atoms with van der Waals surface area (Å²) in [6.07, 6.45) is 14.3. The number of hydrogen-bond acceptors (Lipinski definition) is 14. The average Bonchev–Trinajstić information content (AvgIpc) is 4.37. The second-order valence-electron chi connectivity index (χ2n) is 22.5. The average molecular weight is 1100 g/mol. The van der Waals surface area contributed by atoms with Gasteiger partial charge in [0.05, 0.1) is 37.2 Å². The van der Waals surface area contributed by atoms with E-state index in [2.05, 4.69) is 19.6 Å². The number of carbonyl (C=O) groups excluding carboxylic acids is 2. The lowest BCUT2D eigenvalue weighted by atomic mass is 9.88. The number of sulfonamides is 2. The van der Waals surface area contributed by atoms with Crippen molar-refractivity contribution in [2.24, 2.45) is 0 Å². The number of amides is 2. The maximum atomic E-state index is 13.2. The highest BCUT2D eigenvalue weighted by Gasteiger charge is 2.38. The molecule has 2 aromatic rings. The highest BCUT2D eigenvalue weighted by atomic mass is 32.2. The van der Waals surface area contributed by atoms with Gasteiger partial charge in [-0.25, -0.2) is 16.8 Å². The van der Waals surface area contributed by atoms with Crippen molar-refractivity contribution in [3.63, 3.8) is 0 Å². The lowest BCUT2D eigenvalue weighted by Crippen LogP contribution is -2.54. The van der Waals surface area contributed by atoms with Crippen molar-refractivity contribution in [2.45, 2.75) is 151 Å². The van der Waals surface area contributed by atoms with Crippen molar-refractivity contribution in [2.75, 3.05) is 134 Å². The van der Waals surface area contributed by atoms with Gasteiger partial charge in [0.1, 0.15) is 24.7 Å². The molecule has 20 heteroatoms. The first kappa shape index (κ1) is 60.2. The zero-order valence-electron chi connectivity index (χ0n) is 47.6. The molecule has 4 aliphatic carbocycles. The van der Waals surface area contributed by atoms with E-state index < -0.39 is 20.0 Å². The van der Waals surface area contributed by atoms with Crippen LogP contribution in [0.3, 0.4) is 0 Å². The molecule has 6 fully saturated rings. The van der Waals surface area contributed by atoms with Crippen molar-refractivity contribution in [1.82, 2.24) is 38.0 Å². The van der Waals surface area contributed by atoms with E-state index in [4.69, 9.17) is 18.9 Å². The maximum Gasteiger partial charge on any atom is 0.248 e. The van der Waals surface area contributed by atoms with Gasteiger partial charge in [-0.2, -0.15) is 8.61 Å². The summed E-state index contributed by atoms with van der Waals surface area (Å²) in [7, 11) is 2.61. The van der Waals surface area contributed by atoms with E-state index in [-0.39, 0.29) is 73.2 Å². The summed E-state index contributed by atoms with van der Waals surface area (Å²) in [5, 5.41) is 0. The van der Waals surface area contributed by atoms with Gasteiger partial charge in [0, 0.05) is 130 Å². The molecule has 76 heavy (non-hydrogen) atoms. The number of hydrogen-bond donors (Lipinski definition) is 0. The molecule has 0 N–H and O–H groups in total. The molecule has 2 aromatic carbocycles. The van der Waals surface area contributed by atoms with Crippen LogP contribution in [0.2, 0.25) is 0 Å². The van der Waals surface area contributed by atoms with Crippen molar-refractivity contribution in [3.8, 4) is 11.5 Å². The number of nitrogens with zero attached hydrogens (tertiary/aromatic N) is 8. The standard InChI is InChI=1S/2C28H46N4O5S/c2*1-21-17-26(36-5)18-22(2)28(21)38(34,35)29(3)15-16-37-20-27(33)30(4)24-7-6-8-25(19-24)32-13-11-31(12-14-32)23-9-10-23/h2*17-18,23-25H,6-16,19-20H2,1-5H3/t24-,25+;/m1./s1. The van der Waals surface area contributed by atoms with Crippen molar-refractivity contribution < 1.29 is 45.4 Å². The monoisotopic (exact) mass is 1100 g/mol. The molecular formula is C56H92N8O10S2. The highest BCUT2D eigenvalue weighted by molar-refractivity contribution is 7.89. The van der Waals surface area contributed by atoms with Gasteiger partial charge >= 0.3 is 0 Å². The molecule has 4 atom stereocenters. The summed E-state index contributed by atoms with van der Waals surface area (Å²) < 4.78 is 77.1. The molecule has 0 radical (unpaired) electrons. The van der Waals surface area contributed by atoms with Crippen LogP contribution in [0.5, 0.6) is 11.5 Å². The number of rotatable bonds is 22. The second-order valence-corrected chi connectivity index (χ2v) is 26.5. The predicted molar refractivity (Wildman–Crippen MR) is 296 cm³/mol. The van der Waals surface area contributed by atoms with Crippen LogP contribution in [-0.4, -0.2) is 237 Å². The summed E-state index contributed by atoms with van der Waals surface area (Å²) in [5.41, 5.74) is 2.56. The van der Waals surface area contributed by atoms with Crippen LogP contribution in [0.1, 0.15) is 99.3 Å². The minimum absolute atomic E-state index is 0.0355. The quantitative estimate of drug-likeness (QED) is 0.145. The maximum absolute atomic E-state index is 13.2. The van der Waals surface area contributed by atoms with E-state index in [1.807, 2.05) is 23.9 Å². The Morgan fingerprint density at radius 3 is 1.08 bits per heavy atom. The number of aryl methyl sites for hydroxylation is 4. The Bertz CT molecular complexity index is 2260. The number of piperazine rings is 2. The van der Waals surface area contributed by atoms with Gasteiger partial charge in [0.25, 0.3) is 0 Å². The summed E-state index contributed by atoms with van der Waals surface area (Å²) in [6, 6.07) is 10.2. The smallest absolute Gasteiger partial charge is 0.248 e. The Balaban J connectivity index is 0.000000221. The number of ether oxygens (including phenoxy) is 4. The van der Waals surface area contributed by atoms with Gasteiger partial charge in [-0.05, 0) is 151 Å². The fourth-order valence-corrected chi connectivity index (χ4v) is 15.3. The fourth-order valence-electron chi connectivity index (χ4n) is 12.2. The largest absolute Gasteiger partial charge is 0.497 e. The van der Waals surface area contributed by atoms with Crippen molar-refractivity contribution in [3.05, 3.63) is 46.5 Å². The van der Waals surface area contributed by atoms with Crippen LogP contribution >= 0.6 is 0 Å². The zero-order valence-corrected chi connectivity index (χ0v) is 49.3. The normalized spacial score (nSPS) is 23.5. The van der Waals surface area contributed by atoms with E-state index in [0.717, 1.165) is 76.8 Å². The molecular weight excluding hydrogens is 1010 g/mol. The summed E-state index contributed by atoms with van der Waals surface area (Å²) >= 11 is 0. The Labute approximate surface area is 456 Å².